The molecule has 0 bridgehead atoms. The average Bonchev–Trinajstić information content (AvgIpc) is 2.80. The van der Waals surface area contributed by atoms with Crippen molar-refractivity contribution in [2.75, 3.05) is 0 Å². The molecule has 2 aromatic heterocycles. The first-order valence-corrected chi connectivity index (χ1v) is 7.25. The summed E-state index contributed by atoms with van der Waals surface area (Å²) in [5.74, 6) is 0. The van der Waals surface area contributed by atoms with E-state index in [1.807, 2.05) is 23.6 Å². The Bertz CT molecular complexity index is 804. The number of fused-ring (bicyclic) bond motifs is 1. The number of hydrogen-bond donors (Lipinski definition) is 0. The van der Waals surface area contributed by atoms with E-state index in [-0.39, 0.29) is 0 Å². The number of benzene rings is 1. The van der Waals surface area contributed by atoms with Gasteiger partial charge in [-0.25, -0.2) is 4.98 Å². The van der Waals surface area contributed by atoms with Crippen molar-refractivity contribution in [1.82, 2.24) is 9.38 Å². The summed E-state index contributed by atoms with van der Waals surface area (Å²) in [6.45, 7) is 1.94. The molecule has 0 radical (unpaired) electrons. The van der Waals surface area contributed by atoms with E-state index < -0.39 is 11.7 Å². The molecule has 6 heteroatoms. The summed E-state index contributed by atoms with van der Waals surface area (Å²) in [4.78, 5) is 4.31. The van der Waals surface area contributed by atoms with Crippen molar-refractivity contribution < 1.29 is 13.2 Å². The quantitative estimate of drug-likeness (QED) is 0.528. The Morgan fingerprint density at radius 3 is 2.38 bits per heavy atom. The molecule has 3 aromatic rings. The van der Waals surface area contributed by atoms with Crippen molar-refractivity contribution in [3.8, 4) is 11.1 Å². The minimum atomic E-state index is -4.31. The SMILES string of the molecule is Cc1cc(-c2ccc(C(F)(F)F)cc2)cn2c(I)cnc12. The molecular weight excluding hydrogens is 392 g/mol. The fourth-order valence-corrected chi connectivity index (χ4v) is 2.75. The van der Waals surface area contributed by atoms with Gasteiger partial charge in [-0.3, -0.25) is 4.40 Å². The third-order valence-electron chi connectivity index (χ3n) is 3.29. The zero-order valence-corrected chi connectivity index (χ0v) is 13.1. The van der Waals surface area contributed by atoms with Crippen LogP contribution in [0.4, 0.5) is 13.2 Å². The molecule has 0 amide bonds. The Hall–Kier alpha value is -1.57. The van der Waals surface area contributed by atoms with E-state index in [4.69, 9.17) is 0 Å². The largest absolute Gasteiger partial charge is 0.416 e. The molecule has 2 nitrogen and oxygen atoms in total. The molecule has 2 heterocycles. The Balaban J connectivity index is 2.10. The normalized spacial score (nSPS) is 12.0. The van der Waals surface area contributed by atoms with Gasteiger partial charge in [-0.05, 0) is 64.4 Å². The summed E-state index contributed by atoms with van der Waals surface area (Å²) in [5.41, 5.74) is 2.81. The zero-order valence-electron chi connectivity index (χ0n) is 10.9. The van der Waals surface area contributed by atoms with Gasteiger partial charge in [0.25, 0.3) is 0 Å². The van der Waals surface area contributed by atoms with E-state index >= 15 is 0 Å². The van der Waals surface area contributed by atoms with Gasteiger partial charge in [0, 0.05) is 6.20 Å². The van der Waals surface area contributed by atoms with E-state index in [1.54, 1.807) is 6.20 Å². The van der Waals surface area contributed by atoms with Crippen LogP contribution in [-0.4, -0.2) is 9.38 Å². The second-order valence-corrected chi connectivity index (χ2v) is 5.87. The fraction of sp³-hybridized carbons (Fsp3) is 0.133. The Kier molecular flexibility index (Phi) is 3.43. The van der Waals surface area contributed by atoms with Crippen LogP contribution in [0.25, 0.3) is 16.8 Å². The number of halogens is 4. The van der Waals surface area contributed by atoms with Crippen LogP contribution < -0.4 is 0 Å². The van der Waals surface area contributed by atoms with Crippen molar-refractivity contribution in [2.24, 2.45) is 0 Å². The predicted molar refractivity (Wildman–Crippen MR) is 83.1 cm³/mol. The highest BCUT2D eigenvalue weighted by Crippen LogP contribution is 2.31. The summed E-state index contributed by atoms with van der Waals surface area (Å²) in [5, 5.41) is 0. The van der Waals surface area contributed by atoms with Gasteiger partial charge in [0.15, 0.2) is 0 Å². The molecule has 1 aromatic carbocycles. The molecule has 0 aliphatic carbocycles. The van der Waals surface area contributed by atoms with Gasteiger partial charge in [-0.15, -0.1) is 0 Å². The molecule has 108 valence electrons. The van der Waals surface area contributed by atoms with E-state index in [2.05, 4.69) is 27.6 Å². The van der Waals surface area contributed by atoms with E-state index in [9.17, 15) is 13.2 Å². The number of hydrogen-bond acceptors (Lipinski definition) is 1. The van der Waals surface area contributed by atoms with Gasteiger partial charge in [0.05, 0.1) is 11.8 Å². The standard InChI is InChI=1S/C15H10F3IN2/c1-9-6-11(8-21-13(19)7-20-14(9)21)10-2-4-12(5-3-10)15(16,17)18/h2-8H,1H3. The third kappa shape index (κ3) is 2.64. The lowest BCUT2D eigenvalue weighted by Crippen LogP contribution is -2.04. The number of aryl methyl sites for hydroxylation is 1. The van der Waals surface area contributed by atoms with Gasteiger partial charge in [-0.1, -0.05) is 12.1 Å². The topological polar surface area (TPSA) is 17.3 Å². The molecule has 0 N–H and O–H groups in total. The minimum Gasteiger partial charge on any atom is -0.294 e. The number of pyridine rings is 1. The zero-order chi connectivity index (χ0) is 15.2. The van der Waals surface area contributed by atoms with E-state index in [0.29, 0.717) is 0 Å². The molecule has 0 atom stereocenters. The van der Waals surface area contributed by atoms with Gasteiger partial charge < -0.3 is 0 Å². The van der Waals surface area contributed by atoms with Crippen LogP contribution in [0.15, 0.2) is 42.7 Å². The number of imidazole rings is 1. The highest BCUT2D eigenvalue weighted by atomic mass is 127. The maximum atomic E-state index is 12.6. The maximum Gasteiger partial charge on any atom is 0.416 e. The first-order chi connectivity index (χ1) is 9.86. The minimum absolute atomic E-state index is 0.638. The first kappa shape index (κ1) is 14.4. The van der Waals surface area contributed by atoms with Crippen LogP contribution >= 0.6 is 22.6 Å². The number of alkyl halides is 3. The molecule has 0 spiro atoms. The van der Waals surface area contributed by atoms with Crippen molar-refractivity contribution in [3.63, 3.8) is 0 Å². The Labute approximate surface area is 132 Å². The van der Waals surface area contributed by atoms with Crippen molar-refractivity contribution in [2.45, 2.75) is 13.1 Å². The van der Waals surface area contributed by atoms with Crippen LogP contribution in [0.5, 0.6) is 0 Å². The van der Waals surface area contributed by atoms with Gasteiger partial charge in [-0.2, -0.15) is 13.2 Å². The van der Waals surface area contributed by atoms with Crippen molar-refractivity contribution in [3.05, 3.63) is 57.6 Å². The monoisotopic (exact) mass is 402 g/mol. The first-order valence-electron chi connectivity index (χ1n) is 6.17. The van der Waals surface area contributed by atoms with Crippen LogP contribution in [-0.2, 0) is 6.18 Å². The number of rotatable bonds is 1. The molecule has 0 aliphatic heterocycles. The molecule has 21 heavy (non-hydrogen) atoms. The van der Waals surface area contributed by atoms with E-state index in [0.717, 1.165) is 38.2 Å². The molecular formula is C15H10F3IN2. The number of nitrogens with zero attached hydrogens (tertiary/aromatic N) is 2. The van der Waals surface area contributed by atoms with Crippen molar-refractivity contribution >= 4 is 28.2 Å². The van der Waals surface area contributed by atoms with Gasteiger partial charge >= 0.3 is 6.18 Å². The van der Waals surface area contributed by atoms with Crippen LogP contribution in [0, 0.1) is 10.6 Å². The van der Waals surface area contributed by atoms with E-state index in [1.165, 1.54) is 12.1 Å². The van der Waals surface area contributed by atoms with Crippen LogP contribution in [0.1, 0.15) is 11.1 Å². The van der Waals surface area contributed by atoms with Crippen LogP contribution in [0.3, 0.4) is 0 Å². The molecule has 3 rings (SSSR count). The molecule has 0 fully saturated rings. The Morgan fingerprint density at radius 2 is 1.76 bits per heavy atom. The molecule has 0 saturated carbocycles. The van der Waals surface area contributed by atoms with Crippen molar-refractivity contribution in [1.29, 1.82) is 0 Å². The van der Waals surface area contributed by atoms with Crippen LogP contribution in [0.2, 0.25) is 0 Å². The molecule has 0 aliphatic rings. The second kappa shape index (κ2) is 5.01. The third-order valence-corrected chi connectivity index (χ3v) is 4.09. The number of aromatic nitrogens is 2. The lowest BCUT2D eigenvalue weighted by molar-refractivity contribution is -0.137. The maximum absolute atomic E-state index is 12.6. The Morgan fingerprint density at radius 1 is 1.10 bits per heavy atom. The lowest BCUT2D eigenvalue weighted by Gasteiger charge is -2.09. The molecule has 0 unspecified atom stereocenters. The highest BCUT2D eigenvalue weighted by molar-refractivity contribution is 14.1. The summed E-state index contributed by atoms with van der Waals surface area (Å²) in [6.07, 6.45) is -0.656. The summed E-state index contributed by atoms with van der Waals surface area (Å²) >= 11 is 2.17. The summed E-state index contributed by atoms with van der Waals surface area (Å²) < 4.78 is 40.7. The molecule has 0 saturated heterocycles. The predicted octanol–water partition coefficient (Wildman–Crippen LogP) is 4.93. The summed E-state index contributed by atoms with van der Waals surface area (Å²) in [7, 11) is 0. The van der Waals surface area contributed by atoms with Gasteiger partial charge in [0.1, 0.15) is 9.35 Å². The average molecular weight is 402 g/mol. The lowest BCUT2D eigenvalue weighted by atomic mass is 10.0. The summed E-state index contributed by atoms with van der Waals surface area (Å²) in [6, 6.07) is 7.13. The smallest absolute Gasteiger partial charge is 0.294 e. The highest BCUT2D eigenvalue weighted by Gasteiger charge is 2.29. The second-order valence-electron chi connectivity index (χ2n) is 4.76. The fourth-order valence-electron chi connectivity index (χ4n) is 2.24. The van der Waals surface area contributed by atoms with Gasteiger partial charge in [0.2, 0.25) is 0 Å².